The molecule has 1 saturated heterocycles. The minimum absolute atomic E-state index is 0.0210. The van der Waals surface area contributed by atoms with Gasteiger partial charge in [0.1, 0.15) is 5.69 Å². The van der Waals surface area contributed by atoms with Gasteiger partial charge in [-0.1, -0.05) is 6.92 Å². The minimum atomic E-state index is -0.0210. The summed E-state index contributed by atoms with van der Waals surface area (Å²) >= 11 is 5.29. The third-order valence-corrected chi connectivity index (χ3v) is 4.77. The molecule has 18 heavy (non-hydrogen) atoms. The number of aromatic nitrogens is 2. The first-order valence-electron chi connectivity index (χ1n) is 6.18. The third-order valence-electron chi connectivity index (χ3n) is 3.16. The second-order valence-corrected chi connectivity index (χ2v) is 6.50. The summed E-state index contributed by atoms with van der Waals surface area (Å²) < 4.78 is 2.63. The van der Waals surface area contributed by atoms with Gasteiger partial charge < -0.3 is 0 Å². The van der Waals surface area contributed by atoms with E-state index in [9.17, 15) is 4.79 Å². The summed E-state index contributed by atoms with van der Waals surface area (Å²) in [5.41, 5.74) is 0.719. The van der Waals surface area contributed by atoms with Crippen molar-refractivity contribution in [2.45, 2.75) is 25.9 Å². The molecule has 2 rings (SSSR count). The lowest BCUT2D eigenvalue weighted by atomic mass is 10.1. The van der Waals surface area contributed by atoms with E-state index >= 15 is 0 Å². The van der Waals surface area contributed by atoms with E-state index in [0.717, 1.165) is 41.2 Å². The van der Waals surface area contributed by atoms with Crippen molar-refractivity contribution in [1.29, 1.82) is 0 Å². The molecule has 6 heteroatoms. The third kappa shape index (κ3) is 2.81. The smallest absolute Gasteiger partial charge is 0.199 e. The summed E-state index contributed by atoms with van der Waals surface area (Å²) in [6.45, 7) is 3.85. The van der Waals surface area contributed by atoms with E-state index < -0.39 is 0 Å². The number of rotatable bonds is 4. The molecule has 1 aromatic heterocycles. The van der Waals surface area contributed by atoms with E-state index in [2.05, 4.69) is 32.9 Å². The number of carbonyl (C=O) groups excluding carboxylic acids is 1. The number of carbonyl (C=O) groups is 1. The van der Waals surface area contributed by atoms with Crippen molar-refractivity contribution in [3.8, 4) is 0 Å². The van der Waals surface area contributed by atoms with Crippen molar-refractivity contribution in [2.75, 3.05) is 25.1 Å². The zero-order valence-electron chi connectivity index (χ0n) is 10.7. The van der Waals surface area contributed by atoms with Gasteiger partial charge in [-0.2, -0.15) is 16.9 Å². The number of likely N-dealkylation sites (N-methyl/N-ethyl adjacent to an activating group) is 1. The Morgan fingerprint density at radius 2 is 2.44 bits per heavy atom. The van der Waals surface area contributed by atoms with Gasteiger partial charge in [0.25, 0.3) is 0 Å². The van der Waals surface area contributed by atoms with E-state index in [0.29, 0.717) is 0 Å². The molecule has 100 valence electrons. The molecule has 1 atom stereocenters. The van der Waals surface area contributed by atoms with Crippen molar-refractivity contribution in [1.82, 2.24) is 14.7 Å². The largest absolute Gasteiger partial charge is 0.295 e. The van der Waals surface area contributed by atoms with Gasteiger partial charge in [-0.05, 0) is 29.4 Å². The first-order chi connectivity index (χ1) is 8.65. The van der Waals surface area contributed by atoms with Gasteiger partial charge in [0, 0.05) is 24.6 Å². The number of halogens is 1. The van der Waals surface area contributed by atoms with Crippen molar-refractivity contribution < 1.29 is 4.79 Å². The topological polar surface area (TPSA) is 38.1 Å². The maximum Gasteiger partial charge on any atom is 0.199 e. The zero-order valence-corrected chi connectivity index (χ0v) is 13.1. The summed E-state index contributed by atoms with van der Waals surface area (Å²) in [7, 11) is 2.02. The first-order valence-corrected chi connectivity index (χ1v) is 8.13. The summed E-state index contributed by atoms with van der Waals surface area (Å²) in [5, 5.41) is 4.27. The molecule has 1 aromatic rings. The molecule has 0 aromatic carbocycles. The number of ketones is 1. The molecule has 0 spiro atoms. The molecule has 1 aliphatic heterocycles. The molecule has 0 N–H and O–H groups in total. The molecule has 0 saturated carbocycles. The van der Waals surface area contributed by atoms with Crippen molar-refractivity contribution in [3.63, 3.8) is 0 Å². The standard InChI is InChI=1S/C12H18BrN3OS/c1-3-4-16-11(9(13)7-14-16)12(17)10-8-18-6-5-15(10)2/h7,10H,3-6,8H2,1-2H3. The molecular formula is C12H18BrN3OS. The van der Waals surface area contributed by atoms with Gasteiger partial charge in [0.2, 0.25) is 0 Å². The molecular weight excluding hydrogens is 314 g/mol. The average Bonchev–Trinajstić information content (AvgIpc) is 2.71. The lowest BCUT2D eigenvalue weighted by Crippen LogP contribution is -2.45. The summed E-state index contributed by atoms with van der Waals surface area (Å²) in [6, 6.07) is -0.0210. The summed E-state index contributed by atoms with van der Waals surface area (Å²) in [4.78, 5) is 14.8. The minimum Gasteiger partial charge on any atom is -0.295 e. The van der Waals surface area contributed by atoms with E-state index in [4.69, 9.17) is 0 Å². The highest BCUT2D eigenvalue weighted by molar-refractivity contribution is 9.10. The molecule has 0 amide bonds. The Balaban J connectivity index is 2.24. The van der Waals surface area contributed by atoms with Crippen LogP contribution in [0.1, 0.15) is 23.8 Å². The highest BCUT2D eigenvalue weighted by atomic mass is 79.9. The first kappa shape index (κ1) is 14.1. The summed E-state index contributed by atoms with van der Waals surface area (Å²) in [5.74, 6) is 2.16. The van der Waals surface area contributed by atoms with Gasteiger partial charge in [-0.15, -0.1) is 0 Å². The quantitative estimate of drug-likeness (QED) is 0.793. The molecule has 1 fully saturated rings. The van der Waals surface area contributed by atoms with Crippen LogP contribution in [0.25, 0.3) is 0 Å². The van der Waals surface area contributed by atoms with Crippen molar-refractivity contribution in [2.24, 2.45) is 0 Å². The van der Waals surface area contributed by atoms with Crippen molar-refractivity contribution in [3.05, 3.63) is 16.4 Å². The van der Waals surface area contributed by atoms with Gasteiger partial charge in [0.15, 0.2) is 5.78 Å². The van der Waals surface area contributed by atoms with Crippen LogP contribution in [0.2, 0.25) is 0 Å². The number of aryl methyl sites for hydroxylation is 1. The van der Waals surface area contributed by atoms with Crippen LogP contribution in [-0.2, 0) is 6.54 Å². The average molecular weight is 332 g/mol. The van der Waals surface area contributed by atoms with E-state index in [1.165, 1.54) is 0 Å². The maximum absolute atomic E-state index is 12.6. The van der Waals surface area contributed by atoms with E-state index in [-0.39, 0.29) is 11.8 Å². The normalized spacial score (nSPS) is 21.2. The van der Waals surface area contributed by atoms with Crippen LogP contribution < -0.4 is 0 Å². The lowest BCUT2D eigenvalue weighted by Gasteiger charge is -2.30. The van der Waals surface area contributed by atoms with Crippen LogP contribution in [0.3, 0.4) is 0 Å². The molecule has 1 unspecified atom stereocenters. The zero-order chi connectivity index (χ0) is 13.1. The molecule has 0 radical (unpaired) electrons. The second-order valence-electron chi connectivity index (χ2n) is 4.50. The Labute approximate surface area is 120 Å². The molecule has 4 nitrogen and oxygen atoms in total. The van der Waals surface area contributed by atoms with Crippen LogP contribution in [0, 0.1) is 0 Å². The van der Waals surface area contributed by atoms with Gasteiger partial charge in [0.05, 0.1) is 16.7 Å². The van der Waals surface area contributed by atoms with Crippen LogP contribution in [-0.4, -0.2) is 51.6 Å². The Kier molecular flexibility index (Phi) is 4.86. The maximum atomic E-state index is 12.6. The van der Waals surface area contributed by atoms with E-state index in [1.807, 2.05) is 23.5 Å². The fourth-order valence-corrected chi connectivity index (χ4v) is 3.81. The second kappa shape index (κ2) is 6.21. The number of thioether (sulfide) groups is 1. The molecule has 2 heterocycles. The fraction of sp³-hybridized carbons (Fsp3) is 0.667. The van der Waals surface area contributed by atoms with Crippen LogP contribution >= 0.6 is 27.7 Å². The number of hydrogen-bond donors (Lipinski definition) is 0. The Bertz CT molecular complexity index is 435. The van der Waals surface area contributed by atoms with Crippen LogP contribution in [0.15, 0.2) is 10.7 Å². The van der Waals surface area contributed by atoms with Gasteiger partial charge >= 0.3 is 0 Å². The Morgan fingerprint density at radius 3 is 3.11 bits per heavy atom. The Morgan fingerprint density at radius 1 is 1.67 bits per heavy atom. The number of nitrogens with zero attached hydrogens (tertiary/aromatic N) is 3. The SMILES string of the molecule is CCCn1ncc(Br)c1C(=O)C1CSCCN1C. The van der Waals surface area contributed by atoms with Gasteiger partial charge in [-0.25, -0.2) is 0 Å². The van der Waals surface area contributed by atoms with Gasteiger partial charge in [-0.3, -0.25) is 14.4 Å². The predicted molar refractivity (Wildman–Crippen MR) is 78.3 cm³/mol. The molecule has 1 aliphatic rings. The lowest BCUT2D eigenvalue weighted by molar-refractivity contribution is 0.0862. The van der Waals surface area contributed by atoms with E-state index in [1.54, 1.807) is 6.20 Å². The van der Waals surface area contributed by atoms with Crippen molar-refractivity contribution >= 4 is 33.5 Å². The monoisotopic (exact) mass is 331 g/mol. The highest BCUT2D eigenvalue weighted by Crippen LogP contribution is 2.23. The highest BCUT2D eigenvalue weighted by Gasteiger charge is 2.30. The van der Waals surface area contributed by atoms with Crippen LogP contribution in [0.4, 0.5) is 0 Å². The molecule has 0 aliphatic carbocycles. The predicted octanol–water partition coefficient (Wildman–Crippen LogP) is 2.29. The fourth-order valence-electron chi connectivity index (χ4n) is 2.11. The number of hydrogen-bond acceptors (Lipinski definition) is 4. The van der Waals surface area contributed by atoms with Crippen LogP contribution in [0.5, 0.6) is 0 Å². The summed E-state index contributed by atoms with van der Waals surface area (Å²) in [6.07, 6.45) is 2.70. The number of Topliss-reactive ketones (excluding diaryl/α,β-unsaturated/α-hetero) is 1. The Hall–Kier alpha value is -0.330. The molecule has 0 bridgehead atoms.